The molecule has 0 rings (SSSR count). The van der Waals surface area contributed by atoms with Gasteiger partial charge in [-0.1, -0.05) is 71.6 Å². The standard InChI is InChI=1S/C19H39NO/c1-5-20(6-2)19(21)17-15-13-11-9-7-8-10-12-14-16-18(3)4/h18H,5-17H2,1-4H3. The van der Waals surface area contributed by atoms with E-state index in [1.807, 2.05) is 4.90 Å². The molecule has 21 heavy (non-hydrogen) atoms. The third-order valence-electron chi connectivity index (χ3n) is 4.29. The van der Waals surface area contributed by atoms with Crippen LogP contribution in [0.4, 0.5) is 0 Å². The van der Waals surface area contributed by atoms with Crippen LogP contribution < -0.4 is 0 Å². The minimum atomic E-state index is 0.338. The lowest BCUT2D eigenvalue weighted by Crippen LogP contribution is -2.30. The summed E-state index contributed by atoms with van der Waals surface area (Å²) in [6.45, 7) is 10.4. The Morgan fingerprint density at radius 3 is 1.62 bits per heavy atom. The Morgan fingerprint density at radius 1 is 0.762 bits per heavy atom. The zero-order valence-electron chi connectivity index (χ0n) is 15.1. The van der Waals surface area contributed by atoms with E-state index in [0.717, 1.165) is 31.8 Å². The molecular formula is C19H39NO. The third kappa shape index (κ3) is 12.9. The van der Waals surface area contributed by atoms with Gasteiger partial charge in [-0.15, -0.1) is 0 Å². The number of nitrogens with zero attached hydrogens (tertiary/aromatic N) is 1. The SMILES string of the molecule is CCN(CC)C(=O)CCCCCCCCCCCC(C)C. The van der Waals surface area contributed by atoms with Crippen molar-refractivity contribution in [2.75, 3.05) is 13.1 Å². The molecule has 0 spiro atoms. The van der Waals surface area contributed by atoms with Gasteiger partial charge in [-0.25, -0.2) is 0 Å². The average Bonchev–Trinajstić information content (AvgIpc) is 2.45. The van der Waals surface area contributed by atoms with Crippen LogP contribution in [0.2, 0.25) is 0 Å². The molecular weight excluding hydrogens is 258 g/mol. The molecule has 0 fully saturated rings. The van der Waals surface area contributed by atoms with E-state index in [1.54, 1.807) is 0 Å². The van der Waals surface area contributed by atoms with E-state index in [0.29, 0.717) is 5.91 Å². The molecule has 0 bridgehead atoms. The Hall–Kier alpha value is -0.530. The lowest BCUT2D eigenvalue weighted by molar-refractivity contribution is -0.130. The minimum Gasteiger partial charge on any atom is -0.343 e. The number of amides is 1. The Bertz CT molecular complexity index is 234. The molecule has 0 aliphatic carbocycles. The lowest BCUT2D eigenvalue weighted by atomic mass is 10.0. The maximum absolute atomic E-state index is 11.8. The molecule has 0 heterocycles. The molecule has 0 saturated carbocycles. The summed E-state index contributed by atoms with van der Waals surface area (Å²) in [4.78, 5) is 13.8. The monoisotopic (exact) mass is 297 g/mol. The Kier molecular flexibility index (Phi) is 14.0. The van der Waals surface area contributed by atoms with Gasteiger partial charge in [0, 0.05) is 19.5 Å². The van der Waals surface area contributed by atoms with Crippen molar-refractivity contribution in [3.63, 3.8) is 0 Å². The molecule has 0 saturated heterocycles. The highest BCUT2D eigenvalue weighted by Gasteiger charge is 2.07. The van der Waals surface area contributed by atoms with Crippen molar-refractivity contribution in [1.82, 2.24) is 4.90 Å². The Balaban J connectivity index is 3.24. The topological polar surface area (TPSA) is 20.3 Å². The summed E-state index contributed by atoms with van der Waals surface area (Å²) in [6, 6.07) is 0. The van der Waals surface area contributed by atoms with Gasteiger partial charge in [-0.2, -0.15) is 0 Å². The van der Waals surface area contributed by atoms with Crippen molar-refractivity contribution >= 4 is 5.91 Å². The molecule has 0 aliphatic heterocycles. The molecule has 0 aromatic heterocycles. The summed E-state index contributed by atoms with van der Waals surface area (Å²) in [5.41, 5.74) is 0. The highest BCUT2D eigenvalue weighted by Crippen LogP contribution is 2.13. The molecule has 0 aromatic carbocycles. The summed E-state index contributed by atoms with van der Waals surface area (Å²) in [5, 5.41) is 0. The van der Waals surface area contributed by atoms with Gasteiger partial charge in [-0.05, 0) is 26.2 Å². The smallest absolute Gasteiger partial charge is 0.222 e. The van der Waals surface area contributed by atoms with Crippen LogP contribution in [0.3, 0.4) is 0 Å². The normalized spacial score (nSPS) is 11.1. The van der Waals surface area contributed by atoms with Gasteiger partial charge in [0.05, 0.1) is 0 Å². The quantitative estimate of drug-likeness (QED) is 0.371. The van der Waals surface area contributed by atoms with Crippen LogP contribution in [0.5, 0.6) is 0 Å². The molecule has 0 atom stereocenters. The molecule has 0 aromatic rings. The Morgan fingerprint density at radius 2 is 1.19 bits per heavy atom. The first-order valence-electron chi connectivity index (χ1n) is 9.39. The highest BCUT2D eigenvalue weighted by molar-refractivity contribution is 5.75. The van der Waals surface area contributed by atoms with Gasteiger partial charge in [0.1, 0.15) is 0 Å². The minimum absolute atomic E-state index is 0.338. The first-order chi connectivity index (χ1) is 10.1. The number of rotatable bonds is 14. The van der Waals surface area contributed by atoms with Crippen LogP contribution >= 0.6 is 0 Å². The van der Waals surface area contributed by atoms with Crippen molar-refractivity contribution in [2.24, 2.45) is 5.92 Å². The van der Waals surface area contributed by atoms with Gasteiger partial charge in [0.15, 0.2) is 0 Å². The predicted molar refractivity (Wildman–Crippen MR) is 93.6 cm³/mol. The fourth-order valence-corrected chi connectivity index (χ4v) is 2.80. The number of hydrogen-bond donors (Lipinski definition) is 0. The first kappa shape index (κ1) is 20.5. The summed E-state index contributed by atoms with van der Waals surface area (Å²) >= 11 is 0. The number of unbranched alkanes of at least 4 members (excludes halogenated alkanes) is 8. The van der Waals surface area contributed by atoms with E-state index in [2.05, 4.69) is 27.7 Å². The van der Waals surface area contributed by atoms with E-state index < -0.39 is 0 Å². The van der Waals surface area contributed by atoms with E-state index in [9.17, 15) is 4.79 Å². The van der Waals surface area contributed by atoms with E-state index in [-0.39, 0.29) is 0 Å². The largest absolute Gasteiger partial charge is 0.343 e. The van der Waals surface area contributed by atoms with Gasteiger partial charge in [0.25, 0.3) is 0 Å². The van der Waals surface area contributed by atoms with E-state index >= 15 is 0 Å². The van der Waals surface area contributed by atoms with Crippen LogP contribution in [0.15, 0.2) is 0 Å². The van der Waals surface area contributed by atoms with Crippen molar-refractivity contribution in [1.29, 1.82) is 0 Å². The van der Waals surface area contributed by atoms with Crippen molar-refractivity contribution < 1.29 is 4.79 Å². The first-order valence-corrected chi connectivity index (χ1v) is 9.39. The summed E-state index contributed by atoms with van der Waals surface area (Å²) in [5.74, 6) is 1.20. The fourth-order valence-electron chi connectivity index (χ4n) is 2.80. The Labute approximate surface area is 133 Å². The number of carbonyl (C=O) groups excluding carboxylic acids is 1. The van der Waals surface area contributed by atoms with E-state index in [1.165, 1.54) is 57.8 Å². The van der Waals surface area contributed by atoms with Crippen LogP contribution in [0.25, 0.3) is 0 Å². The van der Waals surface area contributed by atoms with Crippen LogP contribution in [-0.4, -0.2) is 23.9 Å². The molecule has 2 heteroatoms. The molecule has 0 radical (unpaired) electrons. The maximum atomic E-state index is 11.8. The number of carbonyl (C=O) groups is 1. The average molecular weight is 298 g/mol. The molecule has 0 aliphatic rings. The van der Waals surface area contributed by atoms with Crippen LogP contribution in [-0.2, 0) is 4.79 Å². The number of hydrogen-bond acceptors (Lipinski definition) is 1. The molecule has 126 valence electrons. The second-order valence-electron chi connectivity index (χ2n) is 6.68. The lowest BCUT2D eigenvalue weighted by Gasteiger charge is -2.18. The zero-order valence-corrected chi connectivity index (χ0v) is 15.1. The van der Waals surface area contributed by atoms with Crippen LogP contribution in [0.1, 0.15) is 98.3 Å². The fraction of sp³-hybridized carbons (Fsp3) is 0.947. The molecule has 2 nitrogen and oxygen atoms in total. The van der Waals surface area contributed by atoms with Gasteiger partial charge >= 0.3 is 0 Å². The van der Waals surface area contributed by atoms with Crippen molar-refractivity contribution in [3.05, 3.63) is 0 Å². The molecule has 0 unspecified atom stereocenters. The maximum Gasteiger partial charge on any atom is 0.222 e. The van der Waals surface area contributed by atoms with Crippen LogP contribution in [0, 0.1) is 5.92 Å². The van der Waals surface area contributed by atoms with Gasteiger partial charge in [0.2, 0.25) is 5.91 Å². The highest BCUT2D eigenvalue weighted by atomic mass is 16.2. The third-order valence-corrected chi connectivity index (χ3v) is 4.29. The van der Waals surface area contributed by atoms with Gasteiger partial charge < -0.3 is 4.90 Å². The second-order valence-corrected chi connectivity index (χ2v) is 6.68. The summed E-state index contributed by atoms with van der Waals surface area (Å²) < 4.78 is 0. The zero-order chi connectivity index (χ0) is 15.9. The summed E-state index contributed by atoms with van der Waals surface area (Å²) in [6.07, 6.45) is 14.1. The second kappa shape index (κ2) is 14.4. The molecule has 0 N–H and O–H groups in total. The molecule has 1 amide bonds. The van der Waals surface area contributed by atoms with Crippen molar-refractivity contribution in [2.45, 2.75) is 98.3 Å². The van der Waals surface area contributed by atoms with Gasteiger partial charge in [-0.3, -0.25) is 4.79 Å². The summed E-state index contributed by atoms with van der Waals surface area (Å²) in [7, 11) is 0. The predicted octanol–water partition coefficient (Wildman–Crippen LogP) is 5.80. The van der Waals surface area contributed by atoms with E-state index in [4.69, 9.17) is 0 Å². The van der Waals surface area contributed by atoms with Crippen molar-refractivity contribution in [3.8, 4) is 0 Å².